The average molecular weight is 1150 g/mol. The summed E-state index contributed by atoms with van der Waals surface area (Å²) in [6.07, 6.45) is 0. The Morgan fingerprint density at radius 1 is 0.372 bits per heavy atom. The van der Waals surface area contributed by atoms with Crippen LogP contribution in [0.4, 0.5) is 17.5 Å². The zero-order chi connectivity index (χ0) is 59.1. The number of nitrogens with one attached hydrogen (secondary N) is 3. The van der Waals surface area contributed by atoms with Gasteiger partial charge in [-0.15, -0.1) is 0 Å². The lowest BCUT2D eigenvalue weighted by molar-refractivity contribution is -0.901. The number of likely N-dealkylation sites (N-methyl/N-ethyl adjacent to an activating group) is 1. The van der Waals surface area contributed by atoms with Crippen molar-refractivity contribution in [3.8, 4) is 55.9 Å². The molecule has 5 N–H and O–H groups in total. The fraction of sp³-hybridized carbons (Fsp3) is 0.304. The molecular formula is C69H80N15O2+3. The van der Waals surface area contributed by atoms with Crippen LogP contribution >= 0.6 is 0 Å². The molecule has 0 radical (unpaired) electrons. The fourth-order valence-corrected chi connectivity index (χ4v) is 12.5. The van der Waals surface area contributed by atoms with E-state index in [1.165, 1.54) is 9.80 Å². The standard InChI is InChI=1S/C25H27N5O.C24H25N5.C20H25N5O/c1-19-24(21-10-6-3-7-11-21)25-26-22(20-8-4-2-5-9-20)18-23(30(25)27-19)29-14-12-28(13-15-29)16-17-31;1-18-23(20-11-7-4-8-12-20)24-25-21(19-9-5-3-6-10-19)17-22(29(24)26-18)28-15-13-27(2)14-16-28;1-15-14-18(24-10-8-23(9-11-24)12-13-26)25-20(21-15)19(16(2)22-25)17-6-4-3-5-7-17/h2-11,18,31H,12-17H2,1H3;3-12,17H,13-16H2,1-2H3;3-7,14,26H,8-13H2,1-2H3/p+3. The van der Waals surface area contributed by atoms with E-state index in [0.29, 0.717) is 0 Å². The zero-order valence-electron chi connectivity index (χ0n) is 50.2. The monoisotopic (exact) mass is 1150 g/mol. The molecule has 5 aromatic carbocycles. The Labute approximate surface area is 503 Å². The van der Waals surface area contributed by atoms with Gasteiger partial charge in [0, 0.05) is 51.7 Å². The van der Waals surface area contributed by atoms with Crippen molar-refractivity contribution in [2.45, 2.75) is 27.7 Å². The van der Waals surface area contributed by atoms with Gasteiger partial charge in [0.2, 0.25) is 0 Å². The molecule has 0 aliphatic carbocycles. The maximum absolute atomic E-state index is 9.29. The molecule has 11 aromatic rings. The Bertz CT molecular complexity index is 4020. The van der Waals surface area contributed by atoms with Crippen LogP contribution in [0.5, 0.6) is 0 Å². The summed E-state index contributed by atoms with van der Waals surface area (Å²) in [6.45, 7) is 22.6. The second kappa shape index (κ2) is 26.2. The van der Waals surface area contributed by atoms with Crippen LogP contribution in [0, 0.1) is 27.7 Å². The van der Waals surface area contributed by atoms with E-state index in [0.717, 1.165) is 205 Å². The topological polar surface area (TPSA) is 154 Å². The van der Waals surface area contributed by atoms with Crippen LogP contribution in [-0.4, -0.2) is 166 Å². The second-order valence-electron chi connectivity index (χ2n) is 23.0. The molecule has 3 saturated heterocycles. The number of aliphatic hydroxyl groups excluding tert-OH is 2. The molecule has 17 heteroatoms. The third-order valence-electron chi connectivity index (χ3n) is 17.2. The van der Waals surface area contributed by atoms with Gasteiger partial charge in [-0.1, -0.05) is 152 Å². The lowest BCUT2D eigenvalue weighted by Crippen LogP contribution is -3.15. The Kier molecular flexibility index (Phi) is 17.5. The second-order valence-corrected chi connectivity index (χ2v) is 23.0. The molecule has 0 saturated carbocycles. The summed E-state index contributed by atoms with van der Waals surface area (Å²) >= 11 is 0. The largest absolute Gasteiger partial charge is 0.391 e. The molecule has 3 fully saturated rings. The highest BCUT2D eigenvalue weighted by Gasteiger charge is 2.28. The molecule has 0 bridgehead atoms. The van der Waals surface area contributed by atoms with Crippen LogP contribution in [0.25, 0.3) is 72.8 Å². The molecular weight excluding hydrogens is 1070 g/mol. The summed E-state index contributed by atoms with van der Waals surface area (Å²) in [5.74, 6) is 3.32. The van der Waals surface area contributed by atoms with Crippen LogP contribution < -0.4 is 29.4 Å². The first kappa shape index (κ1) is 57.6. The molecule has 3 aliphatic rings. The van der Waals surface area contributed by atoms with Gasteiger partial charge >= 0.3 is 0 Å². The Balaban J connectivity index is 0.000000127. The van der Waals surface area contributed by atoms with Gasteiger partial charge in [0.15, 0.2) is 16.9 Å². The van der Waals surface area contributed by atoms with E-state index >= 15 is 0 Å². The molecule has 0 amide bonds. The summed E-state index contributed by atoms with van der Waals surface area (Å²) in [4.78, 5) is 26.7. The van der Waals surface area contributed by atoms with Gasteiger partial charge < -0.3 is 39.6 Å². The van der Waals surface area contributed by atoms with Crippen molar-refractivity contribution in [1.29, 1.82) is 0 Å². The Morgan fingerprint density at radius 2 is 0.663 bits per heavy atom. The highest BCUT2D eigenvalue weighted by Crippen LogP contribution is 2.35. The number of fused-ring (bicyclic) bond motifs is 3. The minimum absolute atomic E-state index is 0.242. The number of quaternary nitrogens is 3. The van der Waals surface area contributed by atoms with Crippen molar-refractivity contribution >= 4 is 34.4 Å². The van der Waals surface area contributed by atoms with Crippen molar-refractivity contribution in [2.75, 3.05) is 127 Å². The normalized spacial score (nSPS) is 15.3. The number of benzene rings is 5. The Hall–Kier alpha value is -8.84. The summed E-state index contributed by atoms with van der Waals surface area (Å²) in [6, 6.07) is 58.5. The van der Waals surface area contributed by atoms with Crippen molar-refractivity contribution in [2.24, 2.45) is 0 Å². The first-order valence-electron chi connectivity index (χ1n) is 30.5. The van der Waals surface area contributed by atoms with E-state index in [2.05, 4.69) is 182 Å². The third-order valence-corrected chi connectivity index (χ3v) is 17.2. The Morgan fingerprint density at radius 3 is 0.988 bits per heavy atom. The number of nitrogens with zero attached hydrogens (tertiary/aromatic N) is 12. The molecule has 14 rings (SSSR count). The third kappa shape index (κ3) is 12.3. The average Bonchev–Trinajstić information content (AvgIpc) is 1.93. The summed E-state index contributed by atoms with van der Waals surface area (Å²) in [7, 11) is 2.26. The molecule has 0 unspecified atom stereocenters. The van der Waals surface area contributed by atoms with E-state index in [1.807, 2.05) is 50.8 Å². The van der Waals surface area contributed by atoms with Crippen LogP contribution in [0.15, 0.2) is 170 Å². The first-order chi connectivity index (χ1) is 42.1. The molecule has 3 aliphatic heterocycles. The van der Waals surface area contributed by atoms with E-state index in [-0.39, 0.29) is 13.2 Å². The minimum Gasteiger partial charge on any atom is -0.391 e. The number of hydrogen-bond acceptors (Lipinski definition) is 11. The smallest absolute Gasteiger partial charge is 0.166 e. The first-order valence-corrected chi connectivity index (χ1v) is 30.5. The highest BCUT2D eigenvalue weighted by atomic mass is 16.3. The lowest BCUT2D eigenvalue weighted by atomic mass is 10.1. The van der Waals surface area contributed by atoms with Gasteiger partial charge in [-0.2, -0.15) is 28.8 Å². The van der Waals surface area contributed by atoms with Crippen LogP contribution in [0.3, 0.4) is 0 Å². The maximum atomic E-state index is 9.29. The van der Waals surface area contributed by atoms with E-state index in [9.17, 15) is 5.11 Å². The van der Waals surface area contributed by atoms with Crippen molar-refractivity contribution in [3.05, 3.63) is 193 Å². The number of anilines is 3. The molecule has 0 atom stereocenters. The number of aromatic nitrogens is 9. The van der Waals surface area contributed by atoms with E-state index in [4.69, 9.17) is 35.4 Å². The van der Waals surface area contributed by atoms with Crippen LogP contribution in [0.1, 0.15) is 22.8 Å². The van der Waals surface area contributed by atoms with Crippen LogP contribution in [-0.2, 0) is 0 Å². The lowest BCUT2D eigenvalue weighted by Gasteiger charge is -2.33. The maximum Gasteiger partial charge on any atom is 0.166 e. The van der Waals surface area contributed by atoms with Gasteiger partial charge in [-0.25, -0.2) is 15.0 Å². The zero-order valence-corrected chi connectivity index (χ0v) is 50.2. The number of hydrogen-bond donors (Lipinski definition) is 5. The van der Waals surface area contributed by atoms with Gasteiger partial charge in [0.1, 0.15) is 30.5 Å². The number of rotatable bonds is 12. The molecule has 440 valence electrons. The minimum atomic E-state index is 0.242. The van der Waals surface area contributed by atoms with Crippen molar-refractivity contribution in [1.82, 2.24) is 43.8 Å². The quantitative estimate of drug-likeness (QED) is 0.106. The number of aryl methyl sites for hydroxylation is 4. The fourth-order valence-electron chi connectivity index (χ4n) is 12.5. The number of piperazine rings is 3. The van der Waals surface area contributed by atoms with Gasteiger partial charge in [0.25, 0.3) is 0 Å². The van der Waals surface area contributed by atoms with E-state index in [1.54, 1.807) is 4.90 Å². The SMILES string of the molecule is Cc1cc(N2CC[NH+](CCO)CC2)n2nc(C)c(-c3ccccc3)c2n1.Cc1nn2c(N3CC[NH+](C)CC3)cc(-c3ccccc3)nc2c1-c1ccccc1.Cc1nn2c(N3CC[NH+](CCO)CC3)cc(-c3ccccc3)nc2c1-c1ccccc1. The van der Waals surface area contributed by atoms with Crippen molar-refractivity contribution < 1.29 is 24.9 Å². The predicted octanol–water partition coefficient (Wildman–Crippen LogP) is 5.49. The van der Waals surface area contributed by atoms with Gasteiger partial charge in [-0.3, -0.25) is 0 Å². The molecule has 86 heavy (non-hydrogen) atoms. The molecule has 17 nitrogen and oxygen atoms in total. The van der Waals surface area contributed by atoms with Gasteiger partial charge in [-0.05, 0) is 44.4 Å². The van der Waals surface area contributed by atoms with Crippen molar-refractivity contribution in [3.63, 3.8) is 0 Å². The molecule has 6 aromatic heterocycles. The number of aliphatic hydroxyl groups is 2. The highest BCUT2D eigenvalue weighted by molar-refractivity contribution is 5.85. The predicted molar refractivity (Wildman–Crippen MR) is 344 cm³/mol. The van der Waals surface area contributed by atoms with Gasteiger partial charge in [0.05, 0.1) is 127 Å². The molecule has 9 heterocycles. The summed E-state index contributed by atoms with van der Waals surface area (Å²) in [5.41, 5.74) is 17.7. The summed E-state index contributed by atoms with van der Waals surface area (Å²) < 4.78 is 6.06. The summed E-state index contributed by atoms with van der Waals surface area (Å²) in [5, 5.41) is 33.1. The van der Waals surface area contributed by atoms with E-state index < -0.39 is 0 Å². The molecule has 0 spiro atoms. The van der Waals surface area contributed by atoms with Crippen LogP contribution in [0.2, 0.25) is 0 Å².